The molecule has 0 aromatic heterocycles. The van der Waals surface area contributed by atoms with Crippen molar-refractivity contribution in [2.75, 3.05) is 6.61 Å². The zero-order valence-corrected chi connectivity index (χ0v) is 26.5. The molecular formula is C32H46ClFO4Si. The summed E-state index contributed by atoms with van der Waals surface area (Å²) in [6.45, 7) is 14.9. The summed E-state index contributed by atoms with van der Waals surface area (Å²) >= 11 is 5.95. The first-order valence-corrected chi connectivity index (χ1v) is 18.2. The molecule has 2 atom stereocenters. The van der Waals surface area contributed by atoms with Crippen molar-refractivity contribution in [3.05, 3.63) is 58.9 Å². The summed E-state index contributed by atoms with van der Waals surface area (Å²) in [5.74, 6) is -1.64. The Bertz CT molecular complexity index is 1070. The molecule has 7 heteroatoms. The molecule has 0 aliphatic rings. The molecular weight excluding hydrogens is 531 g/mol. The van der Waals surface area contributed by atoms with Crippen molar-refractivity contribution in [2.45, 2.75) is 97.5 Å². The highest BCUT2D eigenvalue weighted by Crippen LogP contribution is 2.29. The van der Waals surface area contributed by atoms with E-state index >= 15 is 0 Å². The largest absolute Gasteiger partial charge is 0.466 e. The standard InChI is InChI=1S/C32H46ClFO4Si/c1-8-9-10-26(31(36)38-32(2,3)4)21-27(30(35)37-19-20-39(5,6)7)16-13-23-11-14-24(15-12-23)25-17-18-29(34)28(33)22-25/h11-12,14-15,17-18,22,26-27H,8-10,13,16,19-21H2,1-7H3/t26-,27+/m1/s1. The zero-order valence-electron chi connectivity index (χ0n) is 24.7. The van der Waals surface area contributed by atoms with Crippen LogP contribution in [0, 0.1) is 17.7 Å². The van der Waals surface area contributed by atoms with Crippen LogP contribution in [-0.2, 0) is 25.5 Å². The Kier molecular flexibility index (Phi) is 12.7. The molecule has 0 spiro atoms. The van der Waals surface area contributed by atoms with Crippen LogP contribution in [-0.4, -0.2) is 32.2 Å². The molecule has 216 valence electrons. The van der Waals surface area contributed by atoms with E-state index < -0.39 is 25.4 Å². The predicted molar refractivity (Wildman–Crippen MR) is 161 cm³/mol. The van der Waals surface area contributed by atoms with Gasteiger partial charge >= 0.3 is 11.9 Å². The highest BCUT2D eigenvalue weighted by molar-refractivity contribution is 6.76. The average molecular weight is 577 g/mol. The van der Waals surface area contributed by atoms with Gasteiger partial charge in [0.05, 0.1) is 23.5 Å². The number of carbonyl (C=O) groups is 2. The third-order valence-electron chi connectivity index (χ3n) is 6.63. The van der Waals surface area contributed by atoms with Crippen molar-refractivity contribution in [2.24, 2.45) is 11.8 Å². The minimum Gasteiger partial charge on any atom is -0.466 e. The lowest BCUT2D eigenvalue weighted by Gasteiger charge is -2.26. The summed E-state index contributed by atoms with van der Waals surface area (Å²) in [6.07, 6.45) is 4.24. The molecule has 2 aromatic carbocycles. The number of unbranched alkanes of at least 4 members (excludes halogenated alkanes) is 1. The lowest BCUT2D eigenvalue weighted by Crippen LogP contribution is -2.32. The summed E-state index contributed by atoms with van der Waals surface area (Å²) in [5.41, 5.74) is 2.28. The summed E-state index contributed by atoms with van der Waals surface area (Å²) in [6, 6.07) is 13.6. The van der Waals surface area contributed by atoms with Crippen LogP contribution >= 0.6 is 11.6 Å². The Labute approximate surface area is 240 Å². The van der Waals surface area contributed by atoms with E-state index in [4.69, 9.17) is 21.1 Å². The summed E-state index contributed by atoms with van der Waals surface area (Å²) in [7, 11) is -1.34. The van der Waals surface area contributed by atoms with Crippen LogP contribution in [0.15, 0.2) is 42.5 Å². The van der Waals surface area contributed by atoms with Gasteiger partial charge in [-0.2, -0.15) is 0 Å². The maximum absolute atomic E-state index is 13.5. The van der Waals surface area contributed by atoms with E-state index in [-0.39, 0.29) is 22.9 Å². The second kappa shape index (κ2) is 15.0. The van der Waals surface area contributed by atoms with Gasteiger partial charge in [0, 0.05) is 8.07 Å². The molecule has 4 nitrogen and oxygen atoms in total. The fourth-order valence-corrected chi connectivity index (χ4v) is 5.19. The molecule has 0 unspecified atom stereocenters. The fraction of sp³-hybridized carbons (Fsp3) is 0.562. The third kappa shape index (κ3) is 12.3. The van der Waals surface area contributed by atoms with Crippen LogP contribution in [0.2, 0.25) is 30.7 Å². The number of ether oxygens (including phenoxy) is 2. The smallest absolute Gasteiger partial charge is 0.309 e. The fourth-order valence-electron chi connectivity index (χ4n) is 4.30. The van der Waals surface area contributed by atoms with E-state index in [0.29, 0.717) is 32.3 Å². The first kappa shape index (κ1) is 33.0. The van der Waals surface area contributed by atoms with E-state index in [0.717, 1.165) is 35.6 Å². The maximum Gasteiger partial charge on any atom is 0.309 e. The van der Waals surface area contributed by atoms with E-state index in [1.54, 1.807) is 12.1 Å². The van der Waals surface area contributed by atoms with Gasteiger partial charge < -0.3 is 9.47 Å². The molecule has 0 saturated heterocycles. The molecule has 0 bridgehead atoms. The Balaban J connectivity index is 2.17. The van der Waals surface area contributed by atoms with Crippen LogP contribution in [0.3, 0.4) is 0 Å². The Morgan fingerprint density at radius 2 is 1.56 bits per heavy atom. The number of esters is 2. The number of rotatable bonds is 14. The minimum absolute atomic E-state index is 0.0923. The first-order valence-electron chi connectivity index (χ1n) is 14.1. The number of halogens is 2. The van der Waals surface area contributed by atoms with Crippen LogP contribution in [0.4, 0.5) is 4.39 Å². The van der Waals surface area contributed by atoms with Gasteiger partial charge in [0.15, 0.2) is 0 Å². The van der Waals surface area contributed by atoms with Crippen molar-refractivity contribution in [3.63, 3.8) is 0 Å². The molecule has 0 fully saturated rings. The predicted octanol–water partition coefficient (Wildman–Crippen LogP) is 9.11. The van der Waals surface area contributed by atoms with Crippen molar-refractivity contribution in [3.8, 4) is 11.1 Å². The van der Waals surface area contributed by atoms with Gasteiger partial charge in [0.2, 0.25) is 0 Å². The molecule has 0 saturated carbocycles. The highest BCUT2D eigenvalue weighted by Gasteiger charge is 2.31. The van der Waals surface area contributed by atoms with Gasteiger partial charge in [-0.25, -0.2) is 4.39 Å². The topological polar surface area (TPSA) is 52.6 Å². The number of hydrogen-bond acceptors (Lipinski definition) is 4. The molecule has 39 heavy (non-hydrogen) atoms. The average Bonchev–Trinajstić information content (AvgIpc) is 2.83. The van der Waals surface area contributed by atoms with Crippen LogP contribution in [0.1, 0.15) is 65.4 Å². The van der Waals surface area contributed by atoms with Crippen molar-refractivity contribution >= 4 is 31.6 Å². The second-order valence-electron chi connectivity index (χ2n) is 12.6. The van der Waals surface area contributed by atoms with Gasteiger partial charge in [-0.15, -0.1) is 0 Å². The van der Waals surface area contributed by atoms with E-state index in [2.05, 4.69) is 26.6 Å². The lowest BCUT2D eigenvalue weighted by molar-refractivity contribution is -0.162. The molecule has 0 amide bonds. The molecule has 0 aliphatic heterocycles. The van der Waals surface area contributed by atoms with Gasteiger partial charge in [0.1, 0.15) is 11.4 Å². The Morgan fingerprint density at radius 3 is 2.13 bits per heavy atom. The van der Waals surface area contributed by atoms with Gasteiger partial charge in [0.25, 0.3) is 0 Å². The van der Waals surface area contributed by atoms with Gasteiger partial charge in [-0.3, -0.25) is 9.59 Å². The van der Waals surface area contributed by atoms with E-state index in [1.165, 1.54) is 6.07 Å². The lowest BCUT2D eigenvalue weighted by atomic mass is 9.86. The molecule has 0 radical (unpaired) electrons. The SMILES string of the molecule is CCCC[C@H](C[C@H](CCc1ccc(-c2ccc(F)c(Cl)c2)cc1)C(=O)OCC[Si](C)(C)C)C(=O)OC(C)(C)C. The second-order valence-corrected chi connectivity index (χ2v) is 18.7. The van der Waals surface area contributed by atoms with Crippen molar-refractivity contribution < 1.29 is 23.5 Å². The number of hydrogen-bond donors (Lipinski definition) is 0. The highest BCUT2D eigenvalue weighted by atomic mass is 35.5. The van der Waals surface area contributed by atoms with Crippen LogP contribution in [0.5, 0.6) is 0 Å². The first-order chi connectivity index (χ1) is 18.2. The molecule has 2 rings (SSSR count). The maximum atomic E-state index is 13.5. The number of benzene rings is 2. The number of carbonyl (C=O) groups excluding carboxylic acids is 2. The number of aryl methyl sites for hydroxylation is 1. The van der Waals surface area contributed by atoms with Gasteiger partial charge in [-0.05, 0) is 81.3 Å². The molecule has 2 aromatic rings. The van der Waals surface area contributed by atoms with Crippen LogP contribution in [0.25, 0.3) is 11.1 Å². The molecule has 0 heterocycles. The summed E-state index contributed by atoms with van der Waals surface area (Å²) in [4.78, 5) is 26.3. The summed E-state index contributed by atoms with van der Waals surface area (Å²) in [5, 5.41) is 0.0923. The third-order valence-corrected chi connectivity index (χ3v) is 8.63. The zero-order chi connectivity index (χ0) is 29.2. The van der Waals surface area contributed by atoms with Crippen molar-refractivity contribution in [1.29, 1.82) is 0 Å². The molecule has 0 aliphatic carbocycles. The monoisotopic (exact) mass is 576 g/mol. The quantitative estimate of drug-likeness (QED) is 0.166. The van der Waals surface area contributed by atoms with Crippen molar-refractivity contribution in [1.82, 2.24) is 0 Å². The Morgan fingerprint density at radius 1 is 0.949 bits per heavy atom. The normalized spacial score (nSPS) is 13.6. The van der Waals surface area contributed by atoms with E-state index in [9.17, 15) is 14.0 Å². The van der Waals surface area contributed by atoms with Crippen LogP contribution < -0.4 is 0 Å². The van der Waals surface area contributed by atoms with E-state index in [1.807, 2.05) is 45.0 Å². The van der Waals surface area contributed by atoms with Gasteiger partial charge in [-0.1, -0.05) is 81.3 Å². The summed E-state index contributed by atoms with van der Waals surface area (Å²) < 4.78 is 25.0. The Hall–Kier alpha value is -2.18. The molecule has 0 N–H and O–H groups in total. The minimum atomic E-state index is -1.34.